The second kappa shape index (κ2) is 4.29. The highest BCUT2D eigenvalue weighted by molar-refractivity contribution is 5.42. The molecule has 0 spiro atoms. The zero-order chi connectivity index (χ0) is 10.6. The maximum Gasteiger partial charge on any atom is 0.265 e. The number of aromatic nitrogens is 1. The van der Waals surface area contributed by atoms with Gasteiger partial charge in [0.25, 0.3) is 6.43 Å². The molecule has 0 aliphatic heterocycles. The van der Waals surface area contributed by atoms with Crippen molar-refractivity contribution in [2.45, 2.75) is 12.8 Å². The molecule has 0 saturated heterocycles. The third-order valence-corrected chi connectivity index (χ3v) is 1.70. The van der Waals surface area contributed by atoms with Crippen LogP contribution in [0.3, 0.4) is 0 Å². The quantitative estimate of drug-likeness (QED) is 0.721. The van der Waals surface area contributed by atoms with Gasteiger partial charge in [0.2, 0.25) is 0 Å². The molecule has 0 fully saturated rings. The Balaban J connectivity index is 3.31. The summed E-state index contributed by atoms with van der Waals surface area (Å²) in [5, 5.41) is 17.0. The lowest BCUT2D eigenvalue weighted by Gasteiger charge is -2.05. The van der Waals surface area contributed by atoms with Crippen LogP contribution in [0, 0.1) is 22.7 Å². The standard InChI is InChI=1S/C9H5F2N3/c10-9(11)8-5-14-4-6(3-13)7(8)1-2-12/h4-5,9H,1H2. The molecule has 70 valence electrons. The van der Waals surface area contributed by atoms with E-state index in [1.807, 2.05) is 0 Å². The van der Waals surface area contributed by atoms with E-state index in [1.165, 1.54) is 6.20 Å². The average Bonchev–Trinajstić information content (AvgIpc) is 2.18. The molecule has 0 unspecified atom stereocenters. The lowest BCUT2D eigenvalue weighted by molar-refractivity contribution is 0.150. The molecular formula is C9H5F2N3. The number of nitriles is 2. The zero-order valence-electron chi connectivity index (χ0n) is 7.04. The third kappa shape index (κ3) is 1.83. The molecule has 0 aliphatic carbocycles. The van der Waals surface area contributed by atoms with Crippen molar-refractivity contribution in [3.8, 4) is 12.1 Å². The van der Waals surface area contributed by atoms with E-state index in [0.717, 1.165) is 6.20 Å². The summed E-state index contributed by atoms with van der Waals surface area (Å²) in [7, 11) is 0. The zero-order valence-corrected chi connectivity index (χ0v) is 7.04. The number of halogens is 2. The van der Waals surface area contributed by atoms with E-state index in [0.29, 0.717) is 0 Å². The number of hydrogen-bond acceptors (Lipinski definition) is 3. The van der Waals surface area contributed by atoms with Crippen LogP contribution < -0.4 is 0 Å². The highest BCUT2D eigenvalue weighted by Crippen LogP contribution is 2.24. The van der Waals surface area contributed by atoms with Crippen molar-refractivity contribution < 1.29 is 8.78 Å². The van der Waals surface area contributed by atoms with Gasteiger partial charge >= 0.3 is 0 Å². The summed E-state index contributed by atoms with van der Waals surface area (Å²) in [6.07, 6.45) is -0.749. The van der Waals surface area contributed by atoms with Crippen LogP contribution in [0.25, 0.3) is 0 Å². The SMILES string of the molecule is N#CCc1c(C#N)cncc1C(F)F. The molecule has 0 N–H and O–H groups in total. The van der Waals surface area contributed by atoms with Crippen LogP contribution in [0.5, 0.6) is 0 Å². The fraction of sp³-hybridized carbons (Fsp3) is 0.222. The fourth-order valence-corrected chi connectivity index (χ4v) is 1.06. The van der Waals surface area contributed by atoms with Crippen LogP contribution in [-0.4, -0.2) is 4.98 Å². The average molecular weight is 193 g/mol. The van der Waals surface area contributed by atoms with Gasteiger partial charge in [-0.1, -0.05) is 0 Å². The summed E-state index contributed by atoms with van der Waals surface area (Å²) in [5.74, 6) is 0. The van der Waals surface area contributed by atoms with Crippen LogP contribution >= 0.6 is 0 Å². The molecule has 0 aliphatic rings. The van der Waals surface area contributed by atoms with Crippen LogP contribution in [0.1, 0.15) is 23.1 Å². The minimum Gasteiger partial charge on any atom is -0.263 e. The molecule has 0 bridgehead atoms. The van der Waals surface area contributed by atoms with Crippen molar-refractivity contribution in [3.63, 3.8) is 0 Å². The Morgan fingerprint density at radius 1 is 1.36 bits per heavy atom. The van der Waals surface area contributed by atoms with Crippen LogP contribution in [0.2, 0.25) is 0 Å². The van der Waals surface area contributed by atoms with Gasteiger partial charge in [0, 0.05) is 18.0 Å². The maximum atomic E-state index is 12.4. The van der Waals surface area contributed by atoms with E-state index < -0.39 is 6.43 Å². The van der Waals surface area contributed by atoms with Crippen molar-refractivity contribution in [2.75, 3.05) is 0 Å². The van der Waals surface area contributed by atoms with E-state index in [9.17, 15) is 8.78 Å². The molecule has 5 heteroatoms. The Labute approximate surface area is 79.2 Å². The second-order valence-corrected chi connectivity index (χ2v) is 2.50. The van der Waals surface area contributed by atoms with Gasteiger partial charge in [-0.2, -0.15) is 10.5 Å². The number of hydrogen-bond donors (Lipinski definition) is 0. The third-order valence-electron chi connectivity index (χ3n) is 1.70. The summed E-state index contributed by atoms with van der Waals surface area (Å²) < 4.78 is 24.8. The molecule has 0 saturated carbocycles. The second-order valence-electron chi connectivity index (χ2n) is 2.50. The number of nitrogens with zero attached hydrogens (tertiary/aromatic N) is 3. The first kappa shape index (κ1) is 10.1. The first-order valence-electron chi connectivity index (χ1n) is 3.72. The number of alkyl halides is 2. The molecule has 1 aromatic heterocycles. The van der Waals surface area contributed by atoms with Crippen molar-refractivity contribution in [1.82, 2.24) is 4.98 Å². The van der Waals surface area contributed by atoms with Gasteiger partial charge < -0.3 is 0 Å². The minimum absolute atomic E-state index is 0.0318. The first-order chi connectivity index (χ1) is 6.70. The van der Waals surface area contributed by atoms with Gasteiger partial charge in [-0.25, -0.2) is 8.78 Å². The molecule has 0 atom stereocenters. The number of rotatable bonds is 2. The summed E-state index contributed by atoms with van der Waals surface area (Å²) in [6, 6.07) is 3.47. The summed E-state index contributed by atoms with van der Waals surface area (Å²) in [6.45, 7) is 0. The molecule has 0 amide bonds. The van der Waals surface area contributed by atoms with Gasteiger partial charge in [-0.15, -0.1) is 0 Å². The van der Waals surface area contributed by atoms with Crippen molar-refractivity contribution in [1.29, 1.82) is 10.5 Å². The number of pyridine rings is 1. The van der Waals surface area contributed by atoms with Gasteiger partial charge in [0.1, 0.15) is 6.07 Å². The monoisotopic (exact) mass is 193 g/mol. The molecule has 1 rings (SSSR count). The minimum atomic E-state index is -2.71. The summed E-state index contributed by atoms with van der Waals surface area (Å²) >= 11 is 0. The topological polar surface area (TPSA) is 60.5 Å². The molecule has 14 heavy (non-hydrogen) atoms. The van der Waals surface area contributed by atoms with Crippen molar-refractivity contribution in [3.05, 3.63) is 29.1 Å². The highest BCUT2D eigenvalue weighted by Gasteiger charge is 2.16. The van der Waals surface area contributed by atoms with E-state index in [4.69, 9.17) is 10.5 Å². The summed E-state index contributed by atoms with van der Waals surface area (Å²) in [4.78, 5) is 3.51. The largest absolute Gasteiger partial charge is 0.265 e. The first-order valence-corrected chi connectivity index (χ1v) is 3.72. The molecule has 1 heterocycles. The van der Waals surface area contributed by atoms with E-state index in [2.05, 4.69) is 4.98 Å². The molecular weight excluding hydrogens is 188 g/mol. The predicted molar refractivity (Wildman–Crippen MR) is 43.2 cm³/mol. The summed E-state index contributed by atoms with van der Waals surface area (Å²) in [5.41, 5.74) is -0.241. The predicted octanol–water partition coefficient (Wildman–Crippen LogP) is 1.96. The van der Waals surface area contributed by atoms with Gasteiger partial charge in [0.15, 0.2) is 0 Å². The van der Waals surface area contributed by atoms with E-state index in [-0.39, 0.29) is 23.1 Å². The maximum absolute atomic E-state index is 12.4. The Bertz CT molecular complexity index is 415. The molecule has 0 aromatic carbocycles. The molecule has 1 aromatic rings. The van der Waals surface area contributed by atoms with E-state index >= 15 is 0 Å². The normalized spacial score (nSPS) is 9.50. The molecule has 3 nitrogen and oxygen atoms in total. The Hall–Kier alpha value is -2.01. The van der Waals surface area contributed by atoms with Crippen LogP contribution in [0.4, 0.5) is 8.78 Å². The van der Waals surface area contributed by atoms with Gasteiger partial charge in [-0.3, -0.25) is 4.98 Å². The van der Waals surface area contributed by atoms with Gasteiger partial charge in [0.05, 0.1) is 18.1 Å². The fourth-order valence-electron chi connectivity index (χ4n) is 1.06. The smallest absolute Gasteiger partial charge is 0.263 e. The van der Waals surface area contributed by atoms with Crippen molar-refractivity contribution >= 4 is 0 Å². The van der Waals surface area contributed by atoms with Gasteiger partial charge in [-0.05, 0) is 5.56 Å². The Morgan fingerprint density at radius 3 is 2.57 bits per heavy atom. The van der Waals surface area contributed by atoms with Crippen molar-refractivity contribution in [2.24, 2.45) is 0 Å². The lowest BCUT2D eigenvalue weighted by atomic mass is 10.0. The highest BCUT2D eigenvalue weighted by atomic mass is 19.3. The lowest BCUT2D eigenvalue weighted by Crippen LogP contribution is -1.99. The van der Waals surface area contributed by atoms with Crippen LogP contribution in [-0.2, 0) is 6.42 Å². The Morgan fingerprint density at radius 2 is 2.07 bits per heavy atom. The Kier molecular flexibility index (Phi) is 3.09. The van der Waals surface area contributed by atoms with E-state index in [1.54, 1.807) is 12.1 Å². The van der Waals surface area contributed by atoms with Crippen LogP contribution in [0.15, 0.2) is 12.4 Å². The molecule has 0 radical (unpaired) electrons.